The van der Waals surface area contributed by atoms with Crippen molar-refractivity contribution in [3.05, 3.63) is 39.3 Å². The van der Waals surface area contributed by atoms with Gasteiger partial charge in [0.15, 0.2) is 5.13 Å². The van der Waals surface area contributed by atoms with Gasteiger partial charge in [-0.25, -0.2) is 4.98 Å². The van der Waals surface area contributed by atoms with Gasteiger partial charge in [0, 0.05) is 27.0 Å². The topological polar surface area (TPSA) is 51.8 Å². The lowest BCUT2D eigenvalue weighted by atomic mass is 10.1. The molecule has 0 radical (unpaired) electrons. The minimum atomic E-state index is 0.533. The molecule has 96 valence electrons. The standard InChI is InChI=1S/C13H9Cl2N3S/c1-6-2-8(11-5-19-13(16)18-11)9-3-7(14)4-10(15)12(9)17-6/h2-5H,1H3,(H2,16,18). The van der Waals surface area contributed by atoms with E-state index in [-0.39, 0.29) is 0 Å². The van der Waals surface area contributed by atoms with Crippen LogP contribution in [0.3, 0.4) is 0 Å². The second-order valence-electron chi connectivity index (χ2n) is 4.17. The number of thiazole rings is 1. The second-order valence-corrected chi connectivity index (χ2v) is 5.90. The number of aromatic nitrogens is 2. The first-order chi connectivity index (χ1) is 9.04. The molecule has 3 aromatic rings. The van der Waals surface area contributed by atoms with E-state index in [4.69, 9.17) is 28.9 Å². The van der Waals surface area contributed by atoms with Crippen LogP contribution in [0, 0.1) is 6.92 Å². The number of anilines is 1. The van der Waals surface area contributed by atoms with E-state index in [0.29, 0.717) is 15.2 Å². The zero-order valence-corrected chi connectivity index (χ0v) is 12.3. The monoisotopic (exact) mass is 309 g/mol. The maximum absolute atomic E-state index is 6.21. The van der Waals surface area contributed by atoms with Crippen LogP contribution in [0.2, 0.25) is 10.0 Å². The molecule has 0 saturated heterocycles. The molecule has 0 atom stereocenters. The summed E-state index contributed by atoms with van der Waals surface area (Å²) in [4.78, 5) is 8.78. The minimum absolute atomic E-state index is 0.533. The van der Waals surface area contributed by atoms with Crippen LogP contribution >= 0.6 is 34.5 Å². The van der Waals surface area contributed by atoms with Crippen molar-refractivity contribution in [1.82, 2.24) is 9.97 Å². The highest BCUT2D eigenvalue weighted by atomic mass is 35.5. The fourth-order valence-electron chi connectivity index (χ4n) is 2.00. The summed E-state index contributed by atoms with van der Waals surface area (Å²) >= 11 is 13.7. The van der Waals surface area contributed by atoms with Crippen LogP contribution in [0.1, 0.15) is 5.69 Å². The molecule has 19 heavy (non-hydrogen) atoms. The van der Waals surface area contributed by atoms with E-state index in [1.165, 1.54) is 11.3 Å². The van der Waals surface area contributed by atoms with Gasteiger partial charge >= 0.3 is 0 Å². The lowest BCUT2D eigenvalue weighted by Crippen LogP contribution is -1.90. The molecule has 3 nitrogen and oxygen atoms in total. The summed E-state index contributed by atoms with van der Waals surface area (Å²) in [5, 5.41) is 4.45. The number of aryl methyl sites for hydroxylation is 1. The molecule has 0 spiro atoms. The minimum Gasteiger partial charge on any atom is -0.375 e. The molecule has 0 bridgehead atoms. The van der Waals surface area contributed by atoms with Gasteiger partial charge in [-0.3, -0.25) is 4.98 Å². The maximum Gasteiger partial charge on any atom is 0.180 e. The second kappa shape index (κ2) is 4.63. The first-order valence-electron chi connectivity index (χ1n) is 5.52. The Labute approximate surface area is 124 Å². The average molecular weight is 310 g/mol. The Morgan fingerprint density at radius 3 is 2.63 bits per heavy atom. The van der Waals surface area contributed by atoms with Gasteiger partial charge in [0.05, 0.1) is 16.2 Å². The molecule has 0 unspecified atom stereocenters. The number of rotatable bonds is 1. The molecular formula is C13H9Cl2N3S. The zero-order chi connectivity index (χ0) is 13.6. The highest BCUT2D eigenvalue weighted by Gasteiger charge is 2.12. The van der Waals surface area contributed by atoms with Crippen molar-refractivity contribution in [2.45, 2.75) is 6.92 Å². The Hall–Kier alpha value is -1.36. The van der Waals surface area contributed by atoms with Crippen LogP contribution in [0.15, 0.2) is 23.6 Å². The lowest BCUT2D eigenvalue weighted by Gasteiger charge is -2.08. The van der Waals surface area contributed by atoms with Gasteiger partial charge in [-0.2, -0.15) is 0 Å². The van der Waals surface area contributed by atoms with Gasteiger partial charge in [-0.05, 0) is 25.1 Å². The number of nitrogen functional groups attached to an aromatic ring is 1. The van der Waals surface area contributed by atoms with Gasteiger partial charge in [0.25, 0.3) is 0 Å². The number of fused-ring (bicyclic) bond motifs is 1. The molecule has 0 amide bonds. The number of pyridine rings is 1. The fraction of sp³-hybridized carbons (Fsp3) is 0.0769. The molecule has 2 aromatic heterocycles. The van der Waals surface area contributed by atoms with E-state index in [0.717, 1.165) is 27.9 Å². The summed E-state index contributed by atoms with van der Waals surface area (Å²) in [6.07, 6.45) is 0. The quantitative estimate of drug-likeness (QED) is 0.717. The smallest absolute Gasteiger partial charge is 0.180 e. The van der Waals surface area contributed by atoms with E-state index >= 15 is 0 Å². The Morgan fingerprint density at radius 1 is 1.16 bits per heavy atom. The predicted molar refractivity (Wildman–Crippen MR) is 82.0 cm³/mol. The average Bonchev–Trinajstić information content (AvgIpc) is 2.76. The predicted octanol–water partition coefficient (Wildman–Crippen LogP) is 4.56. The van der Waals surface area contributed by atoms with Gasteiger partial charge < -0.3 is 5.73 Å². The van der Waals surface area contributed by atoms with E-state index in [9.17, 15) is 0 Å². The molecule has 0 aliphatic heterocycles. The number of hydrogen-bond donors (Lipinski definition) is 1. The van der Waals surface area contributed by atoms with Gasteiger partial charge in [0.1, 0.15) is 0 Å². The van der Waals surface area contributed by atoms with Crippen molar-refractivity contribution in [1.29, 1.82) is 0 Å². The number of nitrogens with two attached hydrogens (primary N) is 1. The molecular weight excluding hydrogens is 301 g/mol. The van der Waals surface area contributed by atoms with Gasteiger partial charge in [-0.15, -0.1) is 11.3 Å². The zero-order valence-electron chi connectivity index (χ0n) is 9.95. The normalized spacial score (nSPS) is 11.1. The molecule has 0 aliphatic carbocycles. The third-order valence-corrected chi connectivity index (χ3v) is 3.94. The molecule has 3 rings (SSSR count). The van der Waals surface area contributed by atoms with Crippen LogP contribution in [-0.4, -0.2) is 9.97 Å². The molecule has 0 saturated carbocycles. The molecule has 2 N–H and O–H groups in total. The fourth-order valence-corrected chi connectivity index (χ4v) is 3.10. The Kier molecular flexibility index (Phi) is 3.09. The maximum atomic E-state index is 6.21. The van der Waals surface area contributed by atoms with Crippen molar-refractivity contribution in [3.63, 3.8) is 0 Å². The van der Waals surface area contributed by atoms with Crippen LogP contribution in [0.5, 0.6) is 0 Å². The van der Waals surface area contributed by atoms with Crippen molar-refractivity contribution in [3.8, 4) is 11.3 Å². The van der Waals surface area contributed by atoms with E-state index in [2.05, 4.69) is 9.97 Å². The Bertz CT molecular complexity index is 783. The molecule has 6 heteroatoms. The largest absolute Gasteiger partial charge is 0.375 e. The summed E-state index contributed by atoms with van der Waals surface area (Å²) in [6.45, 7) is 1.92. The highest BCUT2D eigenvalue weighted by Crippen LogP contribution is 2.35. The Balaban J connectivity index is 2.40. The third kappa shape index (κ3) is 2.27. The summed E-state index contributed by atoms with van der Waals surface area (Å²) in [5.41, 5.74) is 9.06. The van der Waals surface area contributed by atoms with Crippen molar-refractivity contribution < 1.29 is 0 Å². The summed E-state index contributed by atoms with van der Waals surface area (Å²) < 4.78 is 0. The lowest BCUT2D eigenvalue weighted by molar-refractivity contribution is 1.25. The van der Waals surface area contributed by atoms with Crippen molar-refractivity contribution in [2.24, 2.45) is 0 Å². The number of hydrogen-bond acceptors (Lipinski definition) is 4. The molecule has 0 aliphatic rings. The summed E-state index contributed by atoms with van der Waals surface area (Å²) in [7, 11) is 0. The van der Waals surface area contributed by atoms with E-state index < -0.39 is 0 Å². The molecule has 2 heterocycles. The Morgan fingerprint density at radius 2 is 1.95 bits per heavy atom. The van der Waals surface area contributed by atoms with E-state index in [1.54, 1.807) is 6.07 Å². The van der Waals surface area contributed by atoms with Crippen LogP contribution in [0.25, 0.3) is 22.2 Å². The summed E-state index contributed by atoms with van der Waals surface area (Å²) in [6, 6.07) is 5.50. The third-order valence-electron chi connectivity index (χ3n) is 2.76. The SMILES string of the molecule is Cc1cc(-c2csc(N)n2)c2cc(Cl)cc(Cl)c2n1. The highest BCUT2D eigenvalue weighted by molar-refractivity contribution is 7.13. The molecule has 0 fully saturated rings. The van der Waals surface area contributed by atoms with Crippen LogP contribution in [-0.2, 0) is 0 Å². The summed E-state index contributed by atoms with van der Waals surface area (Å²) in [5.74, 6) is 0. The first-order valence-corrected chi connectivity index (χ1v) is 7.16. The van der Waals surface area contributed by atoms with Crippen LogP contribution < -0.4 is 5.73 Å². The number of benzene rings is 1. The van der Waals surface area contributed by atoms with E-state index in [1.807, 2.05) is 24.4 Å². The number of nitrogens with zero attached hydrogens (tertiary/aromatic N) is 2. The number of halogens is 2. The van der Waals surface area contributed by atoms with Gasteiger partial charge in [-0.1, -0.05) is 23.2 Å². The first kappa shape index (κ1) is 12.7. The van der Waals surface area contributed by atoms with Gasteiger partial charge in [0.2, 0.25) is 0 Å². The van der Waals surface area contributed by atoms with Crippen molar-refractivity contribution >= 4 is 50.6 Å². The molecule has 1 aromatic carbocycles. The van der Waals surface area contributed by atoms with Crippen molar-refractivity contribution in [2.75, 3.05) is 5.73 Å². The van der Waals surface area contributed by atoms with Crippen LogP contribution in [0.4, 0.5) is 5.13 Å².